The van der Waals surface area contributed by atoms with E-state index in [9.17, 15) is 14.3 Å². The number of hydrogen-bond acceptors (Lipinski definition) is 3. The highest BCUT2D eigenvalue weighted by atomic mass is 19.1. The van der Waals surface area contributed by atoms with E-state index in [-0.39, 0.29) is 28.7 Å². The van der Waals surface area contributed by atoms with Gasteiger partial charge < -0.3 is 14.6 Å². The second-order valence-electron chi connectivity index (χ2n) is 12.4. The van der Waals surface area contributed by atoms with Gasteiger partial charge in [-0.3, -0.25) is 4.79 Å². The van der Waals surface area contributed by atoms with Crippen LogP contribution in [0.2, 0.25) is 0 Å². The van der Waals surface area contributed by atoms with Gasteiger partial charge in [-0.2, -0.15) is 0 Å². The normalized spacial score (nSPS) is 21.2. The first-order chi connectivity index (χ1) is 18.5. The first kappa shape index (κ1) is 27.4. The van der Waals surface area contributed by atoms with Crippen LogP contribution < -0.4 is 4.74 Å². The van der Waals surface area contributed by atoms with Crippen LogP contribution in [-0.4, -0.2) is 18.2 Å². The third-order valence-corrected chi connectivity index (χ3v) is 8.77. The summed E-state index contributed by atoms with van der Waals surface area (Å²) in [7, 11) is 1.70. The Morgan fingerprint density at radius 3 is 2.54 bits per heavy atom. The first-order valence-corrected chi connectivity index (χ1v) is 13.9. The van der Waals surface area contributed by atoms with Gasteiger partial charge >= 0.3 is 5.97 Å². The van der Waals surface area contributed by atoms with Crippen molar-refractivity contribution in [2.75, 3.05) is 7.11 Å². The number of hydrogen-bond donors (Lipinski definition) is 1. The van der Waals surface area contributed by atoms with Gasteiger partial charge in [0.25, 0.3) is 0 Å². The lowest BCUT2D eigenvalue weighted by Gasteiger charge is -2.51. The van der Waals surface area contributed by atoms with Crippen molar-refractivity contribution in [3.63, 3.8) is 0 Å². The van der Waals surface area contributed by atoms with Crippen LogP contribution in [0.15, 0.2) is 54.6 Å². The fraction of sp³-hybridized carbons (Fsp3) is 0.441. The van der Waals surface area contributed by atoms with E-state index < -0.39 is 5.97 Å². The second kappa shape index (κ2) is 10.4. The predicted octanol–water partition coefficient (Wildman–Crippen LogP) is 8.18. The van der Waals surface area contributed by atoms with E-state index in [4.69, 9.17) is 9.47 Å². The Morgan fingerprint density at radius 2 is 1.87 bits per heavy atom. The lowest BCUT2D eigenvalue weighted by Crippen LogP contribution is -2.50. The number of aliphatic carboxylic acids is 1. The number of aryl methyl sites for hydroxylation is 2. The monoisotopic (exact) mass is 530 g/mol. The standard InChI is InChI=1S/C34H39FO4/c1-21-8-13-30(35)26(17-21)25-12-9-22(18-27(25)31(38-5)33(2,3)4)20-39-24-11-10-23-7-6-15-34(29(23)19-24)16-14-28(34)32(36)37/h8-13,17-19,28,31H,6-7,14-16,20H2,1-5H3,(H,36,37)/t28-,31-,34+/m1/s1. The first-order valence-electron chi connectivity index (χ1n) is 13.9. The Labute approximate surface area is 231 Å². The molecule has 1 fully saturated rings. The highest BCUT2D eigenvalue weighted by Crippen LogP contribution is 2.55. The van der Waals surface area contributed by atoms with Gasteiger partial charge in [0.2, 0.25) is 0 Å². The molecule has 5 rings (SSSR count). The molecule has 0 bridgehead atoms. The maximum absolute atomic E-state index is 15.0. The van der Waals surface area contributed by atoms with E-state index in [1.807, 2.05) is 31.2 Å². The van der Waals surface area contributed by atoms with E-state index in [2.05, 4.69) is 39.0 Å². The van der Waals surface area contributed by atoms with Crippen molar-refractivity contribution in [1.82, 2.24) is 0 Å². The predicted molar refractivity (Wildman–Crippen MR) is 152 cm³/mol. The van der Waals surface area contributed by atoms with E-state index in [1.54, 1.807) is 13.2 Å². The van der Waals surface area contributed by atoms with Crippen LogP contribution in [0.4, 0.5) is 4.39 Å². The molecule has 0 heterocycles. The molecule has 1 saturated carbocycles. The number of ether oxygens (including phenoxy) is 2. The van der Waals surface area contributed by atoms with Crippen LogP contribution in [0.25, 0.3) is 11.1 Å². The molecule has 0 unspecified atom stereocenters. The second-order valence-corrected chi connectivity index (χ2v) is 12.4. The molecule has 1 spiro atoms. The quantitative estimate of drug-likeness (QED) is 0.335. The molecule has 3 atom stereocenters. The van der Waals surface area contributed by atoms with Crippen LogP contribution in [-0.2, 0) is 28.0 Å². The highest BCUT2D eigenvalue weighted by Gasteiger charge is 2.53. The maximum Gasteiger partial charge on any atom is 0.307 e. The highest BCUT2D eigenvalue weighted by molar-refractivity contribution is 5.75. The average Bonchev–Trinajstić information content (AvgIpc) is 2.87. The Balaban J connectivity index is 1.46. The summed E-state index contributed by atoms with van der Waals surface area (Å²) in [6.45, 7) is 8.67. The summed E-state index contributed by atoms with van der Waals surface area (Å²) in [6, 6.07) is 17.4. The zero-order valence-corrected chi connectivity index (χ0v) is 23.6. The summed E-state index contributed by atoms with van der Waals surface area (Å²) in [6.07, 6.45) is 4.35. The number of rotatable bonds is 7. The third kappa shape index (κ3) is 5.09. The van der Waals surface area contributed by atoms with Crippen molar-refractivity contribution in [1.29, 1.82) is 0 Å². The summed E-state index contributed by atoms with van der Waals surface area (Å²) < 4.78 is 27.2. The molecular formula is C34H39FO4. The average molecular weight is 531 g/mol. The molecule has 0 aliphatic heterocycles. The number of carboxylic acids is 1. The number of fused-ring (bicyclic) bond motifs is 2. The summed E-state index contributed by atoms with van der Waals surface area (Å²) >= 11 is 0. The largest absolute Gasteiger partial charge is 0.489 e. The molecule has 39 heavy (non-hydrogen) atoms. The zero-order chi connectivity index (χ0) is 27.9. The lowest BCUT2D eigenvalue weighted by atomic mass is 9.52. The lowest BCUT2D eigenvalue weighted by molar-refractivity contribution is -0.150. The Morgan fingerprint density at radius 1 is 1.08 bits per heavy atom. The molecule has 2 aliphatic rings. The van der Waals surface area contributed by atoms with Crippen molar-refractivity contribution in [3.8, 4) is 16.9 Å². The number of carbonyl (C=O) groups is 1. The van der Waals surface area contributed by atoms with Crippen LogP contribution in [0.5, 0.6) is 5.75 Å². The van der Waals surface area contributed by atoms with Crippen LogP contribution >= 0.6 is 0 Å². The van der Waals surface area contributed by atoms with Crippen LogP contribution in [0.1, 0.15) is 80.4 Å². The molecule has 2 aliphatic carbocycles. The van der Waals surface area contributed by atoms with Crippen LogP contribution in [0.3, 0.4) is 0 Å². The van der Waals surface area contributed by atoms with Gasteiger partial charge in [-0.1, -0.05) is 50.6 Å². The van der Waals surface area contributed by atoms with Gasteiger partial charge in [-0.05, 0) is 103 Å². The van der Waals surface area contributed by atoms with E-state index in [1.165, 1.54) is 11.6 Å². The fourth-order valence-corrected chi connectivity index (χ4v) is 6.80. The third-order valence-electron chi connectivity index (χ3n) is 8.77. The van der Waals surface area contributed by atoms with Crippen molar-refractivity contribution in [2.45, 2.75) is 77.9 Å². The molecule has 0 radical (unpaired) electrons. The Kier molecular flexibility index (Phi) is 7.32. The van der Waals surface area contributed by atoms with Gasteiger partial charge in [-0.15, -0.1) is 0 Å². The van der Waals surface area contributed by atoms with Gasteiger partial charge in [0.1, 0.15) is 18.2 Å². The molecule has 3 aromatic carbocycles. The maximum atomic E-state index is 15.0. The number of halogens is 1. The van der Waals surface area contributed by atoms with Gasteiger partial charge in [0.15, 0.2) is 0 Å². The van der Waals surface area contributed by atoms with Gasteiger partial charge in [0, 0.05) is 18.1 Å². The minimum Gasteiger partial charge on any atom is -0.489 e. The fourth-order valence-electron chi connectivity index (χ4n) is 6.80. The summed E-state index contributed by atoms with van der Waals surface area (Å²) in [5.74, 6) is -0.509. The number of methoxy groups -OCH3 is 1. The van der Waals surface area contributed by atoms with E-state index in [0.717, 1.165) is 65.7 Å². The Bertz CT molecular complexity index is 1390. The molecule has 1 N–H and O–H groups in total. The molecule has 0 amide bonds. The van der Waals surface area contributed by atoms with Crippen molar-refractivity contribution < 1.29 is 23.8 Å². The van der Waals surface area contributed by atoms with Crippen molar-refractivity contribution >= 4 is 5.97 Å². The molecule has 3 aromatic rings. The molecule has 206 valence electrons. The smallest absolute Gasteiger partial charge is 0.307 e. The number of benzene rings is 3. The summed E-state index contributed by atoms with van der Waals surface area (Å²) in [4.78, 5) is 11.9. The molecular weight excluding hydrogens is 491 g/mol. The molecule has 0 aromatic heterocycles. The van der Waals surface area contributed by atoms with Crippen LogP contribution in [0, 0.1) is 24.1 Å². The molecule has 5 heteroatoms. The topological polar surface area (TPSA) is 55.8 Å². The van der Waals surface area contributed by atoms with E-state index in [0.29, 0.717) is 12.2 Å². The van der Waals surface area contributed by atoms with E-state index >= 15 is 0 Å². The summed E-state index contributed by atoms with van der Waals surface area (Å²) in [5.41, 5.74) is 6.22. The minimum atomic E-state index is -0.690. The SMILES string of the molecule is CO[C@H](c1cc(COc2ccc3c(c2)[C@@]2(CCC3)CC[C@@H]2C(=O)O)ccc1-c1cc(C)ccc1F)C(C)(C)C. The zero-order valence-electron chi connectivity index (χ0n) is 23.6. The molecule has 0 saturated heterocycles. The van der Waals surface area contributed by atoms with Gasteiger partial charge in [0.05, 0.1) is 12.0 Å². The van der Waals surface area contributed by atoms with Crippen molar-refractivity contribution in [3.05, 3.63) is 88.2 Å². The number of carboxylic acid groups (broad SMARTS) is 1. The summed E-state index contributed by atoms with van der Waals surface area (Å²) in [5, 5.41) is 9.82. The molecule has 4 nitrogen and oxygen atoms in total. The van der Waals surface area contributed by atoms with Gasteiger partial charge in [-0.25, -0.2) is 4.39 Å². The minimum absolute atomic E-state index is 0.209. The van der Waals surface area contributed by atoms with Crippen molar-refractivity contribution in [2.24, 2.45) is 11.3 Å². The Hall–Kier alpha value is -3.18.